The van der Waals surface area contributed by atoms with E-state index in [1.807, 2.05) is 30.3 Å². The van der Waals surface area contributed by atoms with Crippen molar-refractivity contribution < 1.29 is 28.6 Å². The number of amides is 1. The predicted molar refractivity (Wildman–Crippen MR) is 163 cm³/mol. The molecule has 0 radical (unpaired) electrons. The van der Waals surface area contributed by atoms with Gasteiger partial charge in [0.05, 0.1) is 25.4 Å². The van der Waals surface area contributed by atoms with E-state index in [0.29, 0.717) is 30.2 Å². The fourth-order valence-electron chi connectivity index (χ4n) is 6.65. The quantitative estimate of drug-likeness (QED) is 0.258. The highest BCUT2D eigenvalue weighted by atomic mass is 19.1. The highest BCUT2D eigenvalue weighted by molar-refractivity contribution is 6.03. The Morgan fingerprint density at radius 2 is 1.84 bits per heavy atom. The van der Waals surface area contributed by atoms with Gasteiger partial charge in [0, 0.05) is 28.1 Å². The number of carbonyl (C=O) groups is 2. The maximum atomic E-state index is 13.6. The molecule has 1 aliphatic carbocycles. The second-order valence-corrected chi connectivity index (χ2v) is 11.6. The minimum absolute atomic E-state index is 0.141. The number of halogens is 1. The number of hydrogen-bond donors (Lipinski definition) is 2. The number of ether oxygens (including phenoxy) is 2. The van der Waals surface area contributed by atoms with Crippen molar-refractivity contribution in [2.75, 3.05) is 13.7 Å². The molecular formula is C35H37FN2O5. The average molecular weight is 585 g/mol. The second kappa shape index (κ2) is 12.2. The minimum atomic E-state index is -1.26. The summed E-state index contributed by atoms with van der Waals surface area (Å²) in [6.45, 7) is 2.48. The Balaban J connectivity index is 1.40. The molecule has 2 N–H and O–H groups in total. The van der Waals surface area contributed by atoms with E-state index in [1.165, 1.54) is 43.9 Å². The summed E-state index contributed by atoms with van der Waals surface area (Å²) in [5.74, 6) is 0.640. The smallest absolute Gasteiger partial charge is 0.251 e. The summed E-state index contributed by atoms with van der Waals surface area (Å²) in [4.78, 5) is 26.5. The number of Topliss-reactive ketones (excluding diaryl/α,β-unsaturated/α-hetero) is 1. The molecule has 1 aromatic heterocycles. The van der Waals surface area contributed by atoms with Crippen LogP contribution in [-0.4, -0.2) is 47.2 Å². The lowest BCUT2D eigenvalue weighted by Crippen LogP contribution is -2.46. The maximum absolute atomic E-state index is 13.6. The van der Waals surface area contributed by atoms with Gasteiger partial charge in [-0.05, 0) is 79.6 Å². The zero-order chi connectivity index (χ0) is 30.1. The number of aliphatic hydroxyl groups excluding tert-OH is 1. The average Bonchev–Trinajstić information content (AvgIpc) is 3.22. The molecule has 1 aliphatic heterocycles. The van der Waals surface area contributed by atoms with Gasteiger partial charge in [-0.25, -0.2) is 4.39 Å². The Labute approximate surface area is 250 Å². The Morgan fingerprint density at radius 1 is 1.07 bits per heavy atom. The van der Waals surface area contributed by atoms with Crippen molar-refractivity contribution in [3.05, 3.63) is 83.2 Å². The summed E-state index contributed by atoms with van der Waals surface area (Å²) in [6, 6.07) is 16.5. The highest BCUT2D eigenvalue weighted by Crippen LogP contribution is 2.47. The fraction of sp³-hybridized carbons (Fsp3) is 0.371. The number of benzene rings is 3. The van der Waals surface area contributed by atoms with Crippen molar-refractivity contribution in [2.24, 2.45) is 0 Å². The van der Waals surface area contributed by atoms with Crippen LogP contribution in [0.5, 0.6) is 11.5 Å². The first kappa shape index (κ1) is 28.9. The number of nitrogens with zero attached hydrogens (tertiary/aromatic N) is 1. The molecular weight excluding hydrogens is 547 g/mol. The third-order valence-electron chi connectivity index (χ3n) is 8.81. The second-order valence-electron chi connectivity index (χ2n) is 11.6. The molecule has 7 nitrogen and oxygen atoms in total. The molecule has 8 heteroatoms. The molecule has 2 aliphatic rings. The van der Waals surface area contributed by atoms with E-state index < -0.39 is 23.8 Å². The van der Waals surface area contributed by atoms with Crippen LogP contribution in [0.2, 0.25) is 0 Å². The topological polar surface area (TPSA) is 89.8 Å². The van der Waals surface area contributed by atoms with E-state index in [0.717, 1.165) is 46.5 Å². The van der Waals surface area contributed by atoms with Gasteiger partial charge < -0.3 is 24.5 Å². The van der Waals surface area contributed by atoms with Crippen LogP contribution in [0.3, 0.4) is 0 Å². The molecule has 2 heterocycles. The van der Waals surface area contributed by atoms with Crippen LogP contribution >= 0.6 is 0 Å². The van der Waals surface area contributed by atoms with E-state index in [1.54, 1.807) is 19.2 Å². The van der Waals surface area contributed by atoms with Crippen molar-refractivity contribution >= 4 is 22.6 Å². The normalized spacial score (nSPS) is 16.4. The molecule has 2 atom stereocenters. The summed E-state index contributed by atoms with van der Waals surface area (Å²) in [5.41, 5.74) is 5.51. The molecule has 0 bridgehead atoms. The Kier molecular flexibility index (Phi) is 8.21. The number of fused-ring (bicyclic) bond motifs is 5. The van der Waals surface area contributed by atoms with Gasteiger partial charge in [0.25, 0.3) is 5.91 Å². The molecule has 1 amide bonds. The molecule has 3 aromatic carbocycles. The molecule has 0 spiro atoms. The zero-order valence-corrected chi connectivity index (χ0v) is 24.6. The Bertz CT molecular complexity index is 1650. The lowest BCUT2D eigenvalue weighted by molar-refractivity contribution is -0.128. The monoisotopic (exact) mass is 584 g/mol. The standard InChI is InChI=1S/C35H37FN2O5/c1-21(39)34(40)29(18-22-8-11-25(36)12-9-22)37-35(41)24-10-14-27-30(19-24)38-16-17-43-31-20-26(42-2)13-15-28(31)33(38)32(27)23-6-4-3-5-7-23/h8-15,19-21,23,29,39H,3-7,16-18H2,1-2H3,(H,37,41)/t21?,29-/m0/s1. The first-order chi connectivity index (χ1) is 20.8. The van der Waals surface area contributed by atoms with Crippen LogP contribution in [0.4, 0.5) is 4.39 Å². The van der Waals surface area contributed by atoms with Crippen LogP contribution in [0.15, 0.2) is 60.7 Å². The van der Waals surface area contributed by atoms with E-state index in [2.05, 4.69) is 16.0 Å². The number of aliphatic hydroxyl groups is 1. The van der Waals surface area contributed by atoms with Gasteiger partial charge in [0.15, 0.2) is 5.78 Å². The molecule has 0 saturated heterocycles. The van der Waals surface area contributed by atoms with Crippen LogP contribution in [-0.2, 0) is 17.8 Å². The number of methoxy groups -OCH3 is 1. The van der Waals surface area contributed by atoms with Gasteiger partial charge >= 0.3 is 0 Å². The lowest BCUT2D eigenvalue weighted by atomic mass is 9.81. The van der Waals surface area contributed by atoms with Gasteiger partial charge in [-0.1, -0.05) is 37.5 Å². The molecule has 4 aromatic rings. The number of nitrogens with one attached hydrogen (secondary N) is 1. The fourth-order valence-corrected chi connectivity index (χ4v) is 6.65. The van der Waals surface area contributed by atoms with Gasteiger partial charge in [0.2, 0.25) is 0 Å². The van der Waals surface area contributed by atoms with Crippen molar-refractivity contribution in [3.8, 4) is 22.8 Å². The van der Waals surface area contributed by atoms with Crippen LogP contribution < -0.4 is 14.8 Å². The minimum Gasteiger partial charge on any atom is -0.497 e. The summed E-state index contributed by atoms with van der Waals surface area (Å²) >= 11 is 0. The van der Waals surface area contributed by atoms with Gasteiger partial charge in [-0.2, -0.15) is 0 Å². The summed E-state index contributed by atoms with van der Waals surface area (Å²) in [5, 5.41) is 14.0. The Morgan fingerprint density at radius 3 is 2.56 bits per heavy atom. The summed E-state index contributed by atoms with van der Waals surface area (Å²) < 4.78 is 27.4. The van der Waals surface area contributed by atoms with E-state index >= 15 is 0 Å². The molecule has 1 unspecified atom stereocenters. The Hall–Kier alpha value is -4.17. The van der Waals surface area contributed by atoms with Gasteiger partial charge in [0.1, 0.15) is 30.0 Å². The molecule has 43 heavy (non-hydrogen) atoms. The van der Waals surface area contributed by atoms with Crippen LogP contribution in [0.1, 0.15) is 66.4 Å². The van der Waals surface area contributed by atoms with Crippen molar-refractivity contribution in [3.63, 3.8) is 0 Å². The number of aromatic nitrogens is 1. The lowest BCUT2D eigenvalue weighted by Gasteiger charge is -2.23. The van der Waals surface area contributed by atoms with E-state index in [9.17, 15) is 19.1 Å². The molecule has 6 rings (SSSR count). The van der Waals surface area contributed by atoms with Crippen LogP contribution in [0.25, 0.3) is 22.2 Å². The first-order valence-corrected chi connectivity index (χ1v) is 15.1. The zero-order valence-electron chi connectivity index (χ0n) is 24.6. The van der Waals surface area contributed by atoms with Crippen LogP contribution in [0, 0.1) is 5.82 Å². The number of carbonyl (C=O) groups excluding carboxylic acids is 2. The number of rotatable bonds is 8. The molecule has 1 fully saturated rings. The number of ketones is 1. The van der Waals surface area contributed by atoms with Crippen molar-refractivity contribution in [2.45, 2.75) is 70.1 Å². The maximum Gasteiger partial charge on any atom is 0.251 e. The summed E-state index contributed by atoms with van der Waals surface area (Å²) in [7, 11) is 1.65. The molecule has 224 valence electrons. The van der Waals surface area contributed by atoms with Gasteiger partial charge in [-0.3, -0.25) is 9.59 Å². The van der Waals surface area contributed by atoms with Gasteiger partial charge in [-0.15, -0.1) is 0 Å². The van der Waals surface area contributed by atoms with E-state index in [-0.39, 0.29) is 12.2 Å². The van der Waals surface area contributed by atoms with E-state index in [4.69, 9.17) is 9.47 Å². The van der Waals surface area contributed by atoms with Crippen molar-refractivity contribution in [1.82, 2.24) is 9.88 Å². The third-order valence-corrected chi connectivity index (χ3v) is 8.81. The first-order valence-electron chi connectivity index (χ1n) is 15.1. The number of hydrogen-bond acceptors (Lipinski definition) is 5. The van der Waals surface area contributed by atoms with Crippen molar-refractivity contribution in [1.29, 1.82) is 0 Å². The predicted octanol–water partition coefficient (Wildman–Crippen LogP) is 6.19. The summed E-state index contributed by atoms with van der Waals surface area (Å²) in [6.07, 6.45) is 4.75. The largest absolute Gasteiger partial charge is 0.497 e. The third kappa shape index (κ3) is 5.76. The highest BCUT2D eigenvalue weighted by Gasteiger charge is 2.31. The molecule has 1 saturated carbocycles. The SMILES string of the molecule is COc1ccc2c(c1)OCCn1c-2c(C2CCCCC2)c2ccc(C(=O)N[C@@H](Cc3ccc(F)cc3)C(=O)C(C)O)cc21.